The highest BCUT2D eigenvalue weighted by molar-refractivity contribution is 8.01. The zero-order chi connectivity index (χ0) is 9.61. The van der Waals surface area contributed by atoms with Crippen LogP contribution in [-0.4, -0.2) is 21.6 Å². The van der Waals surface area contributed by atoms with E-state index in [1.165, 1.54) is 0 Å². The van der Waals surface area contributed by atoms with Crippen LogP contribution in [0, 0.1) is 0 Å². The van der Waals surface area contributed by atoms with Crippen molar-refractivity contribution in [3.63, 3.8) is 0 Å². The largest absolute Gasteiger partial charge is 0.480 e. The van der Waals surface area contributed by atoms with Gasteiger partial charge in [-0.25, -0.2) is 0 Å². The number of carboxylic acids is 1. The van der Waals surface area contributed by atoms with E-state index in [1.807, 2.05) is 6.92 Å². The number of thioether (sulfide) groups is 1. The van der Waals surface area contributed by atoms with Gasteiger partial charge in [-0.05, 0) is 25.5 Å². The molecule has 0 rings (SSSR count). The number of carbonyl (C=O) groups is 1. The molecular formula is C9H18O2S. The number of aliphatic carboxylic acids is 1. The summed E-state index contributed by atoms with van der Waals surface area (Å²) >= 11 is 1.56. The highest BCUT2D eigenvalue weighted by Gasteiger charge is 2.30. The lowest BCUT2D eigenvalue weighted by molar-refractivity contribution is -0.139. The molecule has 3 heteroatoms. The first-order chi connectivity index (χ1) is 5.56. The molecule has 0 saturated carbocycles. The van der Waals surface area contributed by atoms with Gasteiger partial charge >= 0.3 is 5.97 Å². The van der Waals surface area contributed by atoms with Crippen LogP contribution >= 0.6 is 11.8 Å². The molecule has 0 aliphatic carbocycles. The minimum Gasteiger partial charge on any atom is -0.480 e. The molecule has 0 heterocycles. The molecule has 0 bridgehead atoms. The molecule has 12 heavy (non-hydrogen) atoms. The Bertz CT molecular complexity index is 147. The zero-order valence-electron chi connectivity index (χ0n) is 8.09. The molecular weight excluding hydrogens is 172 g/mol. The quantitative estimate of drug-likeness (QED) is 0.654. The summed E-state index contributed by atoms with van der Waals surface area (Å²) < 4.78 is -0.574. The van der Waals surface area contributed by atoms with E-state index in [0.29, 0.717) is 6.42 Å². The maximum absolute atomic E-state index is 10.8. The average molecular weight is 190 g/mol. The van der Waals surface area contributed by atoms with Crippen molar-refractivity contribution in [2.75, 3.05) is 5.75 Å². The van der Waals surface area contributed by atoms with Crippen molar-refractivity contribution in [3.05, 3.63) is 0 Å². The lowest BCUT2D eigenvalue weighted by atomic mass is 10.1. The minimum absolute atomic E-state index is 0.574. The fourth-order valence-electron chi connectivity index (χ4n) is 0.757. The third kappa shape index (κ3) is 3.48. The Morgan fingerprint density at radius 1 is 1.50 bits per heavy atom. The molecule has 0 radical (unpaired) electrons. The summed E-state index contributed by atoms with van der Waals surface area (Å²) in [5, 5.41) is 8.91. The van der Waals surface area contributed by atoms with E-state index < -0.39 is 10.7 Å². The van der Waals surface area contributed by atoms with Gasteiger partial charge in [0.15, 0.2) is 0 Å². The fourth-order valence-corrected chi connectivity index (χ4v) is 1.97. The van der Waals surface area contributed by atoms with Crippen LogP contribution in [0.5, 0.6) is 0 Å². The lowest BCUT2D eigenvalue weighted by Gasteiger charge is -2.21. The zero-order valence-corrected chi connectivity index (χ0v) is 8.91. The van der Waals surface area contributed by atoms with Gasteiger partial charge in [-0.2, -0.15) is 0 Å². The normalized spacial score (nSPS) is 15.6. The maximum atomic E-state index is 10.8. The predicted octanol–water partition coefficient (Wildman–Crippen LogP) is 2.77. The van der Waals surface area contributed by atoms with Crippen molar-refractivity contribution in [1.82, 2.24) is 0 Å². The summed E-state index contributed by atoms with van der Waals surface area (Å²) in [5.74, 6) is 0.263. The highest BCUT2D eigenvalue weighted by atomic mass is 32.2. The van der Waals surface area contributed by atoms with Gasteiger partial charge in [-0.3, -0.25) is 4.79 Å². The van der Waals surface area contributed by atoms with E-state index in [9.17, 15) is 4.79 Å². The second kappa shape index (κ2) is 5.46. The first kappa shape index (κ1) is 11.8. The lowest BCUT2D eigenvalue weighted by Crippen LogP contribution is -2.30. The SMILES string of the molecule is CCCCSC(C)(CC)C(=O)O. The van der Waals surface area contributed by atoms with Gasteiger partial charge in [0, 0.05) is 0 Å². The Morgan fingerprint density at radius 2 is 2.08 bits per heavy atom. The van der Waals surface area contributed by atoms with E-state index in [0.717, 1.165) is 18.6 Å². The van der Waals surface area contributed by atoms with E-state index in [-0.39, 0.29) is 0 Å². The molecule has 0 aromatic rings. The van der Waals surface area contributed by atoms with Crippen LogP contribution in [-0.2, 0) is 4.79 Å². The molecule has 0 saturated heterocycles. The Balaban J connectivity index is 3.88. The van der Waals surface area contributed by atoms with Crippen molar-refractivity contribution in [3.8, 4) is 0 Å². The van der Waals surface area contributed by atoms with Gasteiger partial charge < -0.3 is 5.11 Å². The van der Waals surface area contributed by atoms with Gasteiger partial charge in [0.1, 0.15) is 4.75 Å². The van der Waals surface area contributed by atoms with Gasteiger partial charge in [-0.15, -0.1) is 11.8 Å². The average Bonchev–Trinajstić information content (AvgIpc) is 2.04. The van der Waals surface area contributed by atoms with Crippen molar-refractivity contribution in [2.24, 2.45) is 0 Å². The molecule has 0 aromatic heterocycles. The van der Waals surface area contributed by atoms with Gasteiger partial charge in [0.05, 0.1) is 0 Å². The Hall–Kier alpha value is -0.180. The highest BCUT2D eigenvalue weighted by Crippen LogP contribution is 2.29. The molecule has 0 aliphatic heterocycles. The van der Waals surface area contributed by atoms with E-state index in [2.05, 4.69) is 6.92 Å². The van der Waals surface area contributed by atoms with Crippen LogP contribution in [0.1, 0.15) is 40.0 Å². The molecule has 1 N–H and O–H groups in total. The second-order valence-corrected chi connectivity index (χ2v) is 4.69. The van der Waals surface area contributed by atoms with Crippen molar-refractivity contribution in [2.45, 2.75) is 44.8 Å². The number of hydrogen-bond acceptors (Lipinski definition) is 2. The van der Waals surface area contributed by atoms with Crippen molar-refractivity contribution >= 4 is 17.7 Å². The molecule has 1 atom stereocenters. The van der Waals surface area contributed by atoms with Crippen LogP contribution in [0.15, 0.2) is 0 Å². The Labute approximate surface area is 78.7 Å². The van der Waals surface area contributed by atoms with Crippen LogP contribution in [0.25, 0.3) is 0 Å². The smallest absolute Gasteiger partial charge is 0.319 e. The minimum atomic E-state index is -0.689. The number of unbranched alkanes of at least 4 members (excludes halogenated alkanes) is 1. The van der Waals surface area contributed by atoms with Crippen molar-refractivity contribution < 1.29 is 9.90 Å². The summed E-state index contributed by atoms with van der Waals surface area (Å²) in [6.45, 7) is 5.84. The fraction of sp³-hybridized carbons (Fsp3) is 0.889. The van der Waals surface area contributed by atoms with Gasteiger partial charge in [0.2, 0.25) is 0 Å². The number of carboxylic acid groups (broad SMARTS) is 1. The number of hydrogen-bond donors (Lipinski definition) is 1. The summed E-state index contributed by atoms with van der Waals surface area (Å²) in [4.78, 5) is 10.8. The molecule has 0 amide bonds. The van der Waals surface area contributed by atoms with Crippen LogP contribution in [0.3, 0.4) is 0 Å². The standard InChI is InChI=1S/C9H18O2S/c1-4-6-7-12-9(3,5-2)8(10)11/h4-7H2,1-3H3,(H,10,11). The molecule has 0 fully saturated rings. The number of rotatable bonds is 6. The molecule has 72 valence electrons. The second-order valence-electron chi connectivity index (χ2n) is 3.09. The maximum Gasteiger partial charge on any atom is 0.319 e. The monoisotopic (exact) mass is 190 g/mol. The topological polar surface area (TPSA) is 37.3 Å². The summed E-state index contributed by atoms with van der Waals surface area (Å²) in [6.07, 6.45) is 2.93. The van der Waals surface area contributed by atoms with Crippen LogP contribution in [0.4, 0.5) is 0 Å². The molecule has 1 unspecified atom stereocenters. The summed E-state index contributed by atoms with van der Waals surface area (Å²) in [6, 6.07) is 0. The van der Waals surface area contributed by atoms with Crippen LogP contribution < -0.4 is 0 Å². The molecule has 0 spiro atoms. The predicted molar refractivity (Wildman–Crippen MR) is 53.7 cm³/mol. The van der Waals surface area contributed by atoms with E-state index >= 15 is 0 Å². The Kier molecular flexibility index (Phi) is 5.38. The first-order valence-corrected chi connectivity index (χ1v) is 5.42. The van der Waals surface area contributed by atoms with Crippen LogP contribution in [0.2, 0.25) is 0 Å². The third-order valence-corrected chi connectivity index (χ3v) is 3.64. The molecule has 0 aliphatic rings. The van der Waals surface area contributed by atoms with E-state index in [1.54, 1.807) is 18.7 Å². The Morgan fingerprint density at radius 3 is 2.42 bits per heavy atom. The third-order valence-electron chi connectivity index (χ3n) is 2.05. The van der Waals surface area contributed by atoms with Gasteiger partial charge in [0.25, 0.3) is 0 Å². The first-order valence-electron chi connectivity index (χ1n) is 4.44. The molecule has 2 nitrogen and oxygen atoms in total. The summed E-state index contributed by atoms with van der Waals surface area (Å²) in [7, 11) is 0. The molecule has 0 aromatic carbocycles. The van der Waals surface area contributed by atoms with E-state index in [4.69, 9.17) is 5.11 Å². The summed E-state index contributed by atoms with van der Waals surface area (Å²) in [5.41, 5.74) is 0. The van der Waals surface area contributed by atoms with Crippen molar-refractivity contribution in [1.29, 1.82) is 0 Å². The van der Waals surface area contributed by atoms with Gasteiger partial charge in [-0.1, -0.05) is 20.3 Å².